The molecule has 0 radical (unpaired) electrons. The van der Waals surface area contributed by atoms with Gasteiger partial charge in [0, 0.05) is 11.7 Å². The fourth-order valence-corrected chi connectivity index (χ4v) is 4.83. The van der Waals surface area contributed by atoms with Gasteiger partial charge < -0.3 is 10.1 Å². The normalized spacial score (nSPS) is 15.1. The minimum Gasteiger partial charge on any atom is -0.459 e. The number of hydrogen-bond donors (Lipinski definition) is 2. The Bertz CT molecular complexity index is 979. The van der Waals surface area contributed by atoms with E-state index in [-0.39, 0.29) is 22.6 Å². The number of carbonyl (C=O) groups excluding carboxylic acids is 1. The quantitative estimate of drug-likeness (QED) is 0.597. The number of aryl methyl sites for hydroxylation is 1. The van der Waals surface area contributed by atoms with Crippen molar-refractivity contribution < 1.29 is 17.9 Å². The Morgan fingerprint density at radius 1 is 1.03 bits per heavy atom. The van der Waals surface area contributed by atoms with Crippen LogP contribution in [0.25, 0.3) is 0 Å². The number of ether oxygens (including phenoxy) is 1. The molecular weight excluding hydrogens is 400 g/mol. The lowest BCUT2D eigenvalue weighted by molar-refractivity contribution is 0.0377. The Balaban J connectivity index is 1.95. The van der Waals surface area contributed by atoms with Crippen LogP contribution in [0.3, 0.4) is 0 Å². The summed E-state index contributed by atoms with van der Waals surface area (Å²) in [5, 5.41) is 3.39. The third-order valence-electron chi connectivity index (χ3n) is 5.12. The van der Waals surface area contributed by atoms with Crippen LogP contribution in [0.5, 0.6) is 0 Å². The minimum absolute atomic E-state index is 0.0480. The first-order valence-corrected chi connectivity index (χ1v) is 11.9. The van der Waals surface area contributed by atoms with Gasteiger partial charge in [-0.1, -0.05) is 37.0 Å². The summed E-state index contributed by atoms with van der Waals surface area (Å²) in [6.45, 7) is 5.45. The van der Waals surface area contributed by atoms with Crippen molar-refractivity contribution >= 4 is 27.4 Å². The van der Waals surface area contributed by atoms with E-state index in [2.05, 4.69) is 10.0 Å². The topological polar surface area (TPSA) is 84.5 Å². The van der Waals surface area contributed by atoms with Gasteiger partial charge in [0.2, 0.25) is 0 Å². The summed E-state index contributed by atoms with van der Waals surface area (Å²) < 4.78 is 34.4. The van der Waals surface area contributed by atoms with Gasteiger partial charge in [0.15, 0.2) is 0 Å². The second-order valence-electron chi connectivity index (χ2n) is 8.12. The third kappa shape index (κ3) is 5.75. The van der Waals surface area contributed by atoms with Crippen LogP contribution in [-0.4, -0.2) is 26.5 Å². The molecule has 0 bridgehead atoms. The maximum absolute atomic E-state index is 13.2. The molecule has 7 heteroatoms. The monoisotopic (exact) mass is 430 g/mol. The Labute approximate surface area is 179 Å². The first kappa shape index (κ1) is 22.2. The van der Waals surface area contributed by atoms with Gasteiger partial charge in [-0.2, -0.15) is 0 Å². The zero-order chi connectivity index (χ0) is 21.7. The van der Waals surface area contributed by atoms with E-state index in [1.807, 2.05) is 19.1 Å². The molecule has 0 aliphatic heterocycles. The summed E-state index contributed by atoms with van der Waals surface area (Å²) in [5.74, 6) is -0.541. The van der Waals surface area contributed by atoms with Crippen molar-refractivity contribution in [2.24, 2.45) is 0 Å². The highest BCUT2D eigenvalue weighted by Gasteiger charge is 2.24. The minimum atomic E-state index is -3.91. The molecule has 1 saturated carbocycles. The van der Waals surface area contributed by atoms with Gasteiger partial charge in [-0.15, -0.1) is 0 Å². The zero-order valence-electron chi connectivity index (χ0n) is 17.8. The van der Waals surface area contributed by atoms with Gasteiger partial charge in [0.05, 0.1) is 17.4 Å². The van der Waals surface area contributed by atoms with Crippen molar-refractivity contribution in [1.82, 2.24) is 0 Å². The molecule has 0 amide bonds. The van der Waals surface area contributed by atoms with Crippen LogP contribution in [0.2, 0.25) is 0 Å². The molecule has 2 aromatic carbocycles. The number of carbonyl (C=O) groups is 1. The summed E-state index contributed by atoms with van der Waals surface area (Å²) in [6, 6.07) is 12.0. The van der Waals surface area contributed by atoms with Gasteiger partial charge in [0.25, 0.3) is 10.0 Å². The van der Waals surface area contributed by atoms with E-state index >= 15 is 0 Å². The van der Waals surface area contributed by atoms with Crippen molar-refractivity contribution in [3.8, 4) is 0 Å². The van der Waals surface area contributed by atoms with E-state index < -0.39 is 16.0 Å². The molecule has 30 heavy (non-hydrogen) atoms. The molecule has 1 fully saturated rings. The average molecular weight is 431 g/mol. The summed E-state index contributed by atoms with van der Waals surface area (Å²) in [5.41, 5.74) is 2.22. The molecule has 0 aromatic heterocycles. The Morgan fingerprint density at radius 3 is 2.33 bits per heavy atom. The number of hydrogen-bond acceptors (Lipinski definition) is 5. The van der Waals surface area contributed by atoms with Crippen molar-refractivity contribution in [2.75, 3.05) is 10.0 Å². The largest absolute Gasteiger partial charge is 0.459 e. The maximum Gasteiger partial charge on any atom is 0.338 e. The van der Waals surface area contributed by atoms with Crippen molar-refractivity contribution in [1.29, 1.82) is 0 Å². The van der Waals surface area contributed by atoms with Gasteiger partial charge in [-0.05, 0) is 63.9 Å². The number of nitrogens with one attached hydrogen (secondary N) is 2. The molecular formula is C23H30N2O4S. The first-order valence-electron chi connectivity index (χ1n) is 10.5. The van der Waals surface area contributed by atoms with Gasteiger partial charge in [0.1, 0.15) is 4.90 Å². The molecule has 2 N–H and O–H groups in total. The van der Waals surface area contributed by atoms with Crippen molar-refractivity contribution in [3.63, 3.8) is 0 Å². The molecule has 162 valence electrons. The average Bonchev–Trinajstić information content (AvgIpc) is 2.70. The van der Waals surface area contributed by atoms with E-state index in [0.717, 1.165) is 31.2 Å². The molecule has 0 saturated heterocycles. The zero-order valence-corrected chi connectivity index (χ0v) is 18.6. The summed E-state index contributed by atoms with van der Waals surface area (Å²) >= 11 is 0. The highest BCUT2D eigenvalue weighted by atomic mass is 32.2. The van der Waals surface area contributed by atoms with Gasteiger partial charge in [-0.3, -0.25) is 4.72 Å². The fraction of sp³-hybridized carbons (Fsp3) is 0.435. The molecule has 0 heterocycles. The molecule has 3 rings (SSSR count). The molecule has 0 atom stereocenters. The summed E-state index contributed by atoms with van der Waals surface area (Å²) in [6.07, 6.45) is 5.17. The van der Waals surface area contributed by atoms with Crippen LogP contribution >= 0.6 is 0 Å². The molecule has 0 unspecified atom stereocenters. The standard InChI is InChI=1S/C23H30N2O4S/c1-16(2)29-23(26)18-11-14-21(24-19-7-5-4-6-8-19)22(15-18)30(27,28)25-20-12-9-17(3)10-13-20/h9-16,19,24-25H,4-8H2,1-3H3. The number of sulfonamides is 1. The summed E-state index contributed by atoms with van der Waals surface area (Å²) in [7, 11) is -3.91. The molecule has 1 aliphatic rings. The van der Waals surface area contributed by atoms with Crippen LogP contribution in [0, 0.1) is 6.92 Å². The van der Waals surface area contributed by atoms with Gasteiger partial charge in [-0.25, -0.2) is 13.2 Å². The van der Waals surface area contributed by atoms with Gasteiger partial charge >= 0.3 is 5.97 Å². The number of rotatable bonds is 7. The number of benzene rings is 2. The predicted molar refractivity (Wildman–Crippen MR) is 119 cm³/mol. The Hall–Kier alpha value is -2.54. The molecule has 6 nitrogen and oxygen atoms in total. The number of esters is 1. The highest BCUT2D eigenvalue weighted by Crippen LogP contribution is 2.29. The van der Waals surface area contributed by atoms with E-state index in [9.17, 15) is 13.2 Å². The van der Waals surface area contributed by atoms with Crippen LogP contribution in [-0.2, 0) is 14.8 Å². The first-order chi connectivity index (χ1) is 14.2. The van der Waals surface area contributed by atoms with Crippen molar-refractivity contribution in [3.05, 3.63) is 53.6 Å². The predicted octanol–water partition coefficient (Wildman–Crippen LogP) is 5.11. The second kappa shape index (κ2) is 9.51. The molecule has 2 aromatic rings. The maximum atomic E-state index is 13.2. The molecule has 1 aliphatic carbocycles. The lowest BCUT2D eigenvalue weighted by Gasteiger charge is -2.25. The smallest absolute Gasteiger partial charge is 0.338 e. The lowest BCUT2D eigenvalue weighted by atomic mass is 9.95. The van der Waals surface area contributed by atoms with Crippen LogP contribution < -0.4 is 10.0 Å². The van der Waals surface area contributed by atoms with Crippen LogP contribution in [0.4, 0.5) is 11.4 Å². The Kier molecular flexibility index (Phi) is 7.02. The van der Waals surface area contributed by atoms with E-state index in [1.165, 1.54) is 12.5 Å². The second-order valence-corrected chi connectivity index (χ2v) is 9.77. The molecule has 0 spiro atoms. The van der Waals surface area contributed by atoms with Crippen LogP contribution in [0.1, 0.15) is 61.9 Å². The van der Waals surface area contributed by atoms with Crippen molar-refractivity contribution in [2.45, 2.75) is 69.9 Å². The van der Waals surface area contributed by atoms with E-state index in [0.29, 0.717) is 11.4 Å². The summed E-state index contributed by atoms with van der Waals surface area (Å²) in [4.78, 5) is 12.4. The lowest BCUT2D eigenvalue weighted by Crippen LogP contribution is -2.25. The highest BCUT2D eigenvalue weighted by molar-refractivity contribution is 7.92. The Morgan fingerprint density at radius 2 is 1.70 bits per heavy atom. The van der Waals surface area contributed by atoms with Crippen LogP contribution in [0.15, 0.2) is 47.4 Å². The van der Waals surface area contributed by atoms with E-state index in [1.54, 1.807) is 38.1 Å². The number of anilines is 2. The SMILES string of the molecule is Cc1ccc(NS(=O)(=O)c2cc(C(=O)OC(C)C)ccc2NC2CCCCC2)cc1. The van der Waals surface area contributed by atoms with E-state index in [4.69, 9.17) is 4.74 Å². The fourth-order valence-electron chi connectivity index (χ4n) is 3.57. The third-order valence-corrected chi connectivity index (χ3v) is 6.54.